The van der Waals surface area contributed by atoms with Crippen LogP contribution in [-0.4, -0.2) is 27.6 Å². The van der Waals surface area contributed by atoms with Crippen LogP contribution in [0.2, 0.25) is 0 Å². The van der Waals surface area contributed by atoms with Crippen molar-refractivity contribution in [2.75, 3.05) is 13.2 Å². The smallest absolute Gasteiger partial charge is 0.277 e. The molecule has 1 saturated carbocycles. The van der Waals surface area contributed by atoms with Gasteiger partial charge in [-0.15, -0.1) is 0 Å². The van der Waals surface area contributed by atoms with Crippen LogP contribution < -0.4 is 5.56 Å². The number of hydrogen-bond donors (Lipinski definition) is 0. The van der Waals surface area contributed by atoms with E-state index >= 15 is 0 Å². The van der Waals surface area contributed by atoms with E-state index in [4.69, 9.17) is 9.84 Å². The first-order chi connectivity index (χ1) is 13.8. The SMILES string of the molecule is O=c1c2cn(CC3CCOCC3)c3ccccc3c-2nn1CC1CCCCC1. The lowest BCUT2D eigenvalue weighted by Gasteiger charge is -2.24. The van der Waals surface area contributed by atoms with Crippen LogP contribution in [0.15, 0.2) is 35.3 Å². The van der Waals surface area contributed by atoms with Gasteiger partial charge in [-0.25, -0.2) is 4.68 Å². The predicted molar refractivity (Wildman–Crippen MR) is 111 cm³/mol. The molecule has 3 heterocycles. The van der Waals surface area contributed by atoms with Gasteiger partial charge in [0.05, 0.1) is 11.1 Å². The molecule has 2 fully saturated rings. The third kappa shape index (κ3) is 3.37. The summed E-state index contributed by atoms with van der Waals surface area (Å²) in [5.74, 6) is 1.20. The minimum atomic E-state index is 0.0760. The molecule has 1 aromatic rings. The molecule has 0 radical (unpaired) electrons. The van der Waals surface area contributed by atoms with Crippen molar-refractivity contribution in [3.63, 3.8) is 0 Å². The maximum Gasteiger partial charge on any atom is 0.277 e. The van der Waals surface area contributed by atoms with Crippen LogP contribution in [0.5, 0.6) is 0 Å². The van der Waals surface area contributed by atoms with Crippen molar-refractivity contribution in [3.8, 4) is 11.3 Å². The minimum Gasteiger partial charge on any atom is -0.381 e. The molecule has 5 heteroatoms. The number of ether oxygens (including phenoxy) is 1. The Morgan fingerprint density at radius 2 is 1.71 bits per heavy atom. The lowest BCUT2D eigenvalue weighted by Crippen LogP contribution is -2.23. The van der Waals surface area contributed by atoms with Crippen molar-refractivity contribution >= 4 is 10.9 Å². The monoisotopic (exact) mass is 379 g/mol. The highest BCUT2D eigenvalue weighted by molar-refractivity contribution is 5.93. The van der Waals surface area contributed by atoms with E-state index in [-0.39, 0.29) is 5.56 Å². The third-order valence-corrected chi connectivity index (χ3v) is 6.65. The Morgan fingerprint density at radius 3 is 2.54 bits per heavy atom. The van der Waals surface area contributed by atoms with Gasteiger partial charge in [0.1, 0.15) is 5.69 Å². The summed E-state index contributed by atoms with van der Waals surface area (Å²) in [4.78, 5) is 13.2. The fourth-order valence-electron chi connectivity index (χ4n) is 5.02. The summed E-state index contributed by atoms with van der Waals surface area (Å²) in [5, 5.41) is 5.88. The standard InChI is InChI=1S/C23H29N3O2/c27-23-20-16-25(14-18-10-12-28-13-11-18)21-9-5-4-8-19(21)22(20)24-26(23)15-17-6-2-1-3-7-17/h4-5,8-9,16-18H,1-3,6-7,10-15H2. The van der Waals surface area contributed by atoms with E-state index < -0.39 is 0 Å². The van der Waals surface area contributed by atoms with Crippen LogP contribution in [0.4, 0.5) is 0 Å². The van der Waals surface area contributed by atoms with Crippen molar-refractivity contribution in [1.82, 2.24) is 14.3 Å². The molecule has 148 valence electrons. The number of hydrogen-bond acceptors (Lipinski definition) is 3. The molecule has 3 aliphatic heterocycles. The highest BCUT2D eigenvalue weighted by Gasteiger charge is 2.23. The Balaban J connectivity index is 1.55. The lowest BCUT2D eigenvalue weighted by atomic mass is 9.89. The largest absolute Gasteiger partial charge is 0.381 e. The van der Waals surface area contributed by atoms with E-state index in [1.54, 1.807) is 4.68 Å². The van der Waals surface area contributed by atoms with E-state index in [1.807, 2.05) is 6.07 Å². The van der Waals surface area contributed by atoms with E-state index in [1.165, 1.54) is 37.6 Å². The highest BCUT2D eigenvalue weighted by Crippen LogP contribution is 2.30. The molecular formula is C23H29N3O2. The van der Waals surface area contributed by atoms with Crippen LogP contribution in [0, 0.1) is 11.8 Å². The van der Waals surface area contributed by atoms with Gasteiger partial charge in [0.25, 0.3) is 5.56 Å². The van der Waals surface area contributed by atoms with Crippen LogP contribution in [0.1, 0.15) is 44.9 Å². The van der Waals surface area contributed by atoms with Gasteiger partial charge in [-0.05, 0) is 43.6 Å². The number of para-hydroxylation sites is 1. The van der Waals surface area contributed by atoms with Gasteiger partial charge < -0.3 is 9.30 Å². The number of nitrogens with zero attached hydrogens (tertiary/aromatic N) is 3. The number of fused-ring (bicyclic) bond motifs is 3. The molecule has 1 saturated heterocycles. The summed E-state index contributed by atoms with van der Waals surface area (Å²) in [7, 11) is 0. The van der Waals surface area contributed by atoms with Crippen molar-refractivity contribution in [1.29, 1.82) is 0 Å². The normalized spacial score (nSPS) is 19.6. The van der Waals surface area contributed by atoms with Gasteiger partial charge in [0.15, 0.2) is 0 Å². The second kappa shape index (κ2) is 7.70. The molecule has 0 bridgehead atoms. The molecular weight excluding hydrogens is 350 g/mol. The van der Waals surface area contributed by atoms with Crippen LogP contribution in [-0.2, 0) is 17.8 Å². The Bertz CT molecular complexity index is 977. The molecule has 5 nitrogen and oxygen atoms in total. The molecule has 0 N–H and O–H groups in total. The molecule has 0 spiro atoms. The second-order valence-corrected chi connectivity index (χ2v) is 8.61. The van der Waals surface area contributed by atoms with E-state index in [9.17, 15) is 4.79 Å². The lowest BCUT2D eigenvalue weighted by molar-refractivity contribution is 0.0616. The summed E-state index contributed by atoms with van der Waals surface area (Å²) < 4.78 is 9.54. The summed E-state index contributed by atoms with van der Waals surface area (Å²) in [6.07, 6.45) is 10.6. The Kier molecular flexibility index (Phi) is 4.93. The maximum atomic E-state index is 13.2. The van der Waals surface area contributed by atoms with Crippen LogP contribution >= 0.6 is 0 Å². The molecule has 1 aromatic carbocycles. The predicted octanol–water partition coefficient (Wildman–Crippen LogP) is 4.31. The summed E-state index contributed by atoms with van der Waals surface area (Å²) in [5.41, 5.74) is 2.87. The third-order valence-electron chi connectivity index (χ3n) is 6.65. The summed E-state index contributed by atoms with van der Waals surface area (Å²) >= 11 is 0. The zero-order valence-electron chi connectivity index (χ0n) is 16.5. The summed E-state index contributed by atoms with van der Waals surface area (Å²) in [6, 6.07) is 8.38. The molecule has 0 atom stereocenters. The Hall–Kier alpha value is -2.14. The fraction of sp³-hybridized carbons (Fsp3) is 0.565. The average molecular weight is 380 g/mol. The molecule has 1 aliphatic carbocycles. The first-order valence-electron chi connectivity index (χ1n) is 10.9. The molecule has 28 heavy (non-hydrogen) atoms. The van der Waals surface area contributed by atoms with Crippen molar-refractivity contribution in [2.24, 2.45) is 11.8 Å². The van der Waals surface area contributed by atoms with Gasteiger partial charge >= 0.3 is 0 Å². The highest BCUT2D eigenvalue weighted by atomic mass is 16.5. The van der Waals surface area contributed by atoms with Gasteiger partial charge in [-0.3, -0.25) is 4.79 Å². The van der Waals surface area contributed by atoms with E-state index in [0.717, 1.165) is 55.8 Å². The van der Waals surface area contributed by atoms with E-state index in [0.29, 0.717) is 11.8 Å². The van der Waals surface area contributed by atoms with Crippen molar-refractivity contribution in [2.45, 2.75) is 58.0 Å². The van der Waals surface area contributed by atoms with Crippen LogP contribution in [0.25, 0.3) is 22.2 Å². The van der Waals surface area contributed by atoms with Gasteiger partial charge in [-0.1, -0.05) is 37.5 Å². The van der Waals surface area contributed by atoms with Crippen molar-refractivity contribution in [3.05, 3.63) is 40.8 Å². The molecule has 4 aliphatic rings. The number of benzene rings is 1. The zero-order valence-corrected chi connectivity index (χ0v) is 16.5. The molecule has 0 amide bonds. The first kappa shape index (κ1) is 17.9. The molecule has 0 aromatic heterocycles. The summed E-state index contributed by atoms with van der Waals surface area (Å²) in [6.45, 7) is 3.39. The van der Waals surface area contributed by atoms with Crippen LogP contribution in [0.3, 0.4) is 0 Å². The van der Waals surface area contributed by atoms with Crippen molar-refractivity contribution < 1.29 is 4.74 Å². The second-order valence-electron chi connectivity index (χ2n) is 8.61. The quantitative estimate of drug-likeness (QED) is 0.679. The number of aromatic nitrogens is 3. The van der Waals surface area contributed by atoms with Gasteiger partial charge in [-0.2, -0.15) is 5.10 Å². The Labute approximate surface area is 165 Å². The minimum absolute atomic E-state index is 0.0760. The number of pyridine rings is 1. The first-order valence-corrected chi connectivity index (χ1v) is 10.9. The topological polar surface area (TPSA) is 49.1 Å². The molecule has 0 unspecified atom stereocenters. The van der Waals surface area contributed by atoms with Gasteiger partial charge in [0, 0.05) is 37.9 Å². The van der Waals surface area contributed by atoms with E-state index in [2.05, 4.69) is 29.0 Å². The maximum absolute atomic E-state index is 13.2. The average Bonchev–Trinajstić information content (AvgIpc) is 3.05. The number of rotatable bonds is 4. The van der Waals surface area contributed by atoms with Gasteiger partial charge in [0.2, 0.25) is 0 Å². The molecule has 5 rings (SSSR count). The fourth-order valence-corrected chi connectivity index (χ4v) is 5.02. The zero-order chi connectivity index (χ0) is 18.9. The Morgan fingerprint density at radius 1 is 0.964 bits per heavy atom.